The summed E-state index contributed by atoms with van der Waals surface area (Å²) in [5.74, 6) is 0.580. The number of nitrogens with zero attached hydrogens (tertiary/aromatic N) is 1. The first-order valence-corrected chi connectivity index (χ1v) is 7.18. The molecule has 20 heavy (non-hydrogen) atoms. The van der Waals surface area contributed by atoms with E-state index in [-0.39, 0.29) is 11.2 Å². The lowest BCUT2D eigenvalue weighted by Crippen LogP contribution is -2.20. The Kier molecular flexibility index (Phi) is 3.94. The molecule has 0 N–H and O–H groups in total. The van der Waals surface area contributed by atoms with Crippen LogP contribution < -0.4 is 0 Å². The number of carbonyl (C=O) groups is 1. The standard InChI is InChI=1S/C18H23NO/c1-12(18(3,4)5)10-17(20)15-8-9-16-14(11-15)7-6-13(2)19-16/h6-9,11-12H,10H2,1-5H3. The van der Waals surface area contributed by atoms with Gasteiger partial charge in [0.25, 0.3) is 0 Å². The average molecular weight is 269 g/mol. The first-order valence-electron chi connectivity index (χ1n) is 7.18. The molecular formula is C18H23NO. The summed E-state index contributed by atoms with van der Waals surface area (Å²) in [5, 5.41) is 1.03. The molecule has 106 valence electrons. The molecule has 1 unspecified atom stereocenters. The van der Waals surface area contributed by atoms with Gasteiger partial charge in [0.05, 0.1) is 5.52 Å². The fourth-order valence-corrected chi connectivity index (χ4v) is 2.10. The number of aromatic nitrogens is 1. The van der Waals surface area contributed by atoms with Crippen molar-refractivity contribution in [2.24, 2.45) is 11.3 Å². The van der Waals surface area contributed by atoms with Gasteiger partial charge in [0.15, 0.2) is 5.78 Å². The van der Waals surface area contributed by atoms with E-state index < -0.39 is 0 Å². The third-order valence-corrected chi connectivity index (χ3v) is 4.12. The van der Waals surface area contributed by atoms with Crippen LogP contribution in [-0.4, -0.2) is 10.8 Å². The van der Waals surface area contributed by atoms with Crippen molar-refractivity contribution in [2.45, 2.75) is 41.0 Å². The maximum atomic E-state index is 12.4. The van der Waals surface area contributed by atoms with Gasteiger partial charge in [-0.3, -0.25) is 9.78 Å². The fourth-order valence-electron chi connectivity index (χ4n) is 2.10. The predicted octanol–water partition coefficient (Wildman–Crippen LogP) is 4.80. The van der Waals surface area contributed by atoms with Gasteiger partial charge in [0, 0.05) is 23.1 Å². The van der Waals surface area contributed by atoms with Crippen molar-refractivity contribution in [3.05, 3.63) is 41.6 Å². The predicted molar refractivity (Wildman–Crippen MR) is 84.0 cm³/mol. The normalized spacial score (nSPS) is 13.4. The summed E-state index contributed by atoms with van der Waals surface area (Å²) >= 11 is 0. The molecule has 0 saturated heterocycles. The number of rotatable bonds is 3. The van der Waals surface area contributed by atoms with Crippen LogP contribution >= 0.6 is 0 Å². The molecule has 0 fully saturated rings. The van der Waals surface area contributed by atoms with Crippen molar-refractivity contribution in [2.75, 3.05) is 0 Å². The molecule has 0 radical (unpaired) electrons. The topological polar surface area (TPSA) is 30.0 Å². The van der Waals surface area contributed by atoms with Crippen LogP contribution in [0.15, 0.2) is 30.3 Å². The minimum atomic E-state index is 0.158. The molecule has 0 aliphatic heterocycles. The highest BCUT2D eigenvalue weighted by Crippen LogP contribution is 2.29. The summed E-state index contributed by atoms with van der Waals surface area (Å²) in [6, 6.07) is 9.80. The maximum Gasteiger partial charge on any atom is 0.163 e. The second-order valence-corrected chi connectivity index (χ2v) is 6.75. The second kappa shape index (κ2) is 5.35. The molecule has 2 aromatic rings. The van der Waals surface area contributed by atoms with Crippen LogP contribution in [0.5, 0.6) is 0 Å². The van der Waals surface area contributed by atoms with Gasteiger partial charge in [-0.05, 0) is 42.5 Å². The van der Waals surface area contributed by atoms with Gasteiger partial charge in [-0.15, -0.1) is 0 Å². The highest BCUT2D eigenvalue weighted by atomic mass is 16.1. The van der Waals surface area contributed by atoms with E-state index in [0.29, 0.717) is 12.3 Å². The lowest BCUT2D eigenvalue weighted by Gasteiger charge is -2.26. The van der Waals surface area contributed by atoms with Crippen molar-refractivity contribution in [1.82, 2.24) is 4.98 Å². The van der Waals surface area contributed by atoms with Crippen LogP contribution in [0.3, 0.4) is 0 Å². The molecule has 1 heterocycles. The van der Waals surface area contributed by atoms with Gasteiger partial charge in [-0.2, -0.15) is 0 Å². The molecule has 0 spiro atoms. The van der Waals surface area contributed by atoms with Crippen LogP contribution in [0.2, 0.25) is 0 Å². The van der Waals surface area contributed by atoms with Crippen molar-refractivity contribution in [1.29, 1.82) is 0 Å². The summed E-state index contributed by atoms with van der Waals surface area (Å²) in [6.45, 7) is 10.7. The van der Waals surface area contributed by atoms with Crippen LogP contribution in [0.4, 0.5) is 0 Å². The van der Waals surface area contributed by atoms with E-state index in [0.717, 1.165) is 22.2 Å². The van der Waals surface area contributed by atoms with E-state index in [1.807, 2.05) is 37.3 Å². The zero-order chi connectivity index (χ0) is 14.9. The molecule has 0 saturated carbocycles. The quantitative estimate of drug-likeness (QED) is 0.749. The summed E-state index contributed by atoms with van der Waals surface area (Å²) in [5.41, 5.74) is 2.90. The van der Waals surface area contributed by atoms with Gasteiger partial charge in [-0.1, -0.05) is 33.8 Å². The Morgan fingerprint density at radius 2 is 1.90 bits per heavy atom. The lowest BCUT2D eigenvalue weighted by molar-refractivity contribution is 0.0927. The number of benzene rings is 1. The molecule has 0 aliphatic carbocycles. The zero-order valence-electron chi connectivity index (χ0n) is 13.0. The van der Waals surface area contributed by atoms with Crippen LogP contribution in [-0.2, 0) is 0 Å². The summed E-state index contributed by atoms with van der Waals surface area (Å²) in [7, 11) is 0. The first kappa shape index (κ1) is 14.7. The summed E-state index contributed by atoms with van der Waals surface area (Å²) in [4.78, 5) is 16.9. The van der Waals surface area contributed by atoms with Crippen molar-refractivity contribution < 1.29 is 4.79 Å². The molecule has 1 atom stereocenters. The highest BCUT2D eigenvalue weighted by molar-refractivity contribution is 5.99. The molecule has 0 bridgehead atoms. The van der Waals surface area contributed by atoms with Gasteiger partial charge in [0.2, 0.25) is 0 Å². The molecule has 2 heteroatoms. The van der Waals surface area contributed by atoms with Gasteiger partial charge < -0.3 is 0 Å². The summed E-state index contributed by atoms with van der Waals surface area (Å²) < 4.78 is 0. The molecular weight excluding hydrogens is 246 g/mol. The van der Waals surface area contributed by atoms with E-state index in [1.54, 1.807) is 0 Å². The Bertz CT molecular complexity index is 637. The average Bonchev–Trinajstić information content (AvgIpc) is 2.36. The number of aryl methyl sites for hydroxylation is 1. The van der Waals surface area contributed by atoms with Crippen molar-refractivity contribution in [3.63, 3.8) is 0 Å². The van der Waals surface area contributed by atoms with E-state index in [9.17, 15) is 4.79 Å². The largest absolute Gasteiger partial charge is 0.294 e. The number of ketones is 1. The van der Waals surface area contributed by atoms with E-state index in [2.05, 4.69) is 32.7 Å². The van der Waals surface area contributed by atoms with Crippen molar-refractivity contribution in [3.8, 4) is 0 Å². The van der Waals surface area contributed by atoms with Gasteiger partial charge in [0.1, 0.15) is 0 Å². The zero-order valence-corrected chi connectivity index (χ0v) is 13.0. The third-order valence-electron chi connectivity index (χ3n) is 4.12. The maximum absolute atomic E-state index is 12.4. The Morgan fingerprint density at radius 1 is 1.20 bits per heavy atom. The van der Waals surface area contributed by atoms with Gasteiger partial charge in [-0.25, -0.2) is 0 Å². The summed E-state index contributed by atoms with van der Waals surface area (Å²) in [6.07, 6.45) is 0.592. The lowest BCUT2D eigenvalue weighted by atomic mass is 9.78. The number of carbonyl (C=O) groups excluding carboxylic acids is 1. The van der Waals surface area contributed by atoms with Gasteiger partial charge >= 0.3 is 0 Å². The highest BCUT2D eigenvalue weighted by Gasteiger charge is 2.23. The SMILES string of the molecule is Cc1ccc2cc(C(=O)CC(C)C(C)(C)C)ccc2n1. The van der Waals surface area contributed by atoms with Crippen LogP contribution in [0.25, 0.3) is 10.9 Å². The number of hydrogen-bond donors (Lipinski definition) is 0. The number of pyridine rings is 1. The second-order valence-electron chi connectivity index (χ2n) is 6.75. The molecule has 2 nitrogen and oxygen atoms in total. The minimum absolute atomic E-state index is 0.158. The monoisotopic (exact) mass is 269 g/mol. The smallest absolute Gasteiger partial charge is 0.163 e. The molecule has 0 aliphatic rings. The molecule has 1 aromatic carbocycles. The molecule has 1 aromatic heterocycles. The van der Waals surface area contributed by atoms with E-state index >= 15 is 0 Å². The Balaban J connectivity index is 2.25. The number of Topliss-reactive ketones (excluding diaryl/α,β-unsaturated/α-hetero) is 1. The Hall–Kier alpha value is -1.70. The first-order chi connectivity index (χ1) is 9.27. The van der Waals surface area contributed by atoms with Crippen molar-refractivity contribution >= 4 is 16.7 Å². The minimum Gasteiger partial charge on any atom is -0.294 e. The Labute approximate surface area is 121 Å². The fraction of sp³-hybridized carbons (Fsp3) is 0.444. The Morgan fingerprint density at radius 3 is 2.55 bits per heavy atom. The van der Waals surface area contributed by atoms with E-state index in [1.165, 1.54) is 0 Å². The molecule has 2 rings (SSSR count). The van der Waals surface area contributed by atoms with Crippen LogP contribution in [0, 0.1) is 18.3 Å². The number of hydrogen-bond acceptors (Lipinski definition) is 2. The number of fused-ring (bicyclic) bond motifs is 1. The van der Waals surface area contributed by atoms with E-state index in [4.69, 9.17) is 0 Å². The van der Waals surface area contributed by atoms with Crippen LogP contribution in [0.1, 0.15) is 50.2 Å². The third kappa shape index (κ3) is 3.24. The molecule has 0 amide bonds.